The van der Waals surface area contributed by atoms with Crippen molar-refractivity contribution in [3.05, 3.63) is 35.9 Å². The summed E-state index contributed by atoms with van der Waals surface area (Å²) in [6, 6.07) is 8.32. The van der Waals surface area contributed by atoms with Crippen LogP contribution in [0.2, 0.25) is 0 Å². The van der Waals surface area contributed by atoms with Gasteiger partial charge in [0, 0.05) is 24.0 Å². The molecule has 0 radical (unpaired) electrons. The van der Waals surface area contributed by atoms with Gasteiger partial charge in [-0.2, -0.15) is 8.78 Å². The molecule has 1 aliphatic rings. The lowest BCUT2D eigenvalue weighted by molar-refractivity contribution is -0.0549. The first-order valence-corrected chi connectivity index (χ1v) is 6.90. The van der Waals surface area contributed by atoms with E-state index in [1.165, 1.54) is 12.1 Å². The fourth-order valence-corrected chi connectivity index (χ4v) is 2.50. The molecule has 1 aromatic carbocycles. The van der Waals surface area contributed by atoms with Crippen molar-refractivity contribution in [2.24, 2.45) is 0 Å². The second-order valence-electron chi connectivity index (χ2n) is 4.81. The summed E-state index contributed by atoms with van der Waals surface area (Å²) in [5.74, 6) is -2.40. The van der Waals surface area contributed by atoms with Gasteiger partial charge in [-0.15, -0.1) is 11.6 Å². The van der Waals surface area contributed by atoms with Gasteiger partial charge in [-0.3, -0.25) is 4.90 Å². The summed E-state index contributed by atoms with van der Waals surface area (Å²) in [4.78, 5) is 1.84. The molecule has 0 N–H and O–H groups in total. The molecule has 0 amide bonds. The van der Waals surface area contributed by atoms with Crippen LogP contribution in [0.4, 0.5) is 8.78 Å². The number of alkyl halides is 3. The van der Waals surface area contributed by atoms with E-state index in [4.69, 9.17) is 11.6 Å². The van der Waals surface area contributed by atoms with Gasteiger partial charge in [0.05, 0.1) is 6.54 Å². The van der Waals surface area contributed by atoms with Crippen LogP contribution >= 0.6 is 11.6 Å². The Hall–Kier alpha value is -0.670. The third-order valence-corrected chi connectivity index (χ3v) is 3.73. The lowest BCUT2D eigenvalue weighted by Gasteiger charge is -2.39. The van der Waals surface area contributed by atoms with Gasteiger partial charge < -0.3 is 0 Å². The van der Waals surface area contributed by atoms with Crippen LogP contribution < -0.4 is 0 Å². The third-order valence-electron chi connectivity index (χ3n) is 3.56. The molecular weight excluding hydrogens is 256 g/mol. The predicted molar refractivity (Wildman–Crippen MR) is 70.3 cm³/mol. The highest BCUT2D eigenvalue weighted by Crippen LogP contribution is 2.32. The summed E-state index contributed by atoms with van der Waals surface area (Å²) in [6.45, 7) is 0.309. The Labute approximate surface area is 112 Å². The summed E-state index contributed by atoms with van der Waals surface area (Å²) < 4.78 is 28.3. The van der Waals surface area contributed by atoms with E-state index >= 15 is 0 Å². The van der Waals surface area contributed by atoms with Crippen LogP contribution in [0, 0.1) is 0 Å². The van der Waals surface area contributed by atoms with Crippen molar-refractivity contribution >= 4 is 11.6 Å². The summed E-state index contributed by atoms with van der Waals surface area (Å²) in [6.07, 6.45) is 3.17. The maximum absolute atomic E-state index is 14.2. The van der Waals surface area contributed by atoms with E-state index in [1.54, 1.807) is 18.2 Å². The summed E-state index contributed by atoms with van der Waals surface area (Å²) in [5.41, 5.74) is 0.0869. The predicted octanol–water partition coefficient (Wildman–Crippen LogP) is 3.87. The standard InChI is InChI=1S/C14H18ClF2N/c15-9-10-18(13-7-4-8-13)11-14(16,17)12-5-2-1-3-6-12/h1-3,5-6,13H,4,7-11H2. The molecule has 0 unspecified atom stereocenters. The van der Waals surface area contributed by atoms with Gasteiger partial charge >= 0.3 is 0 Å². The van der Waals surface area contributed by atoms with E-state index in [2.05, 4.69) is 0 Å². The molecule has 0 aromatic heterocycles. The molecule has 1 aliphatic carbocycles. The van der Waals surface area contributed by atoms with Gasteiger partial charge in [-0.05, 0) is 12.8 Å². The molecule has 2 rings (SSSR count). The molecule has 0 bridgehead atoms. The second-order valence-corrected chi connectivity index (χ2v) is 5.19. The minimum absolute atomic E-state index is 0.0869. The minimum Gasteiger partial charge on any atom is -0.293 e. The van der Waals surface area contributed by atoms with Gasteiger partial charge in [0.15, 0.2) is 0 Å². The largest absolute Gasteiger partial charge is 0.293 e. The Bertz CT molecular complexity index is 365. The summed E-state index contributed by atoms with van der Waals surface area (Å²) >= 11 is 5.71. The van der Waals surface area contributed by atoms with Crippen molar-refractivity contribution in [2.75, 3.05) is 19.0 Å². The summed E-state index contributed by atoms with van der Waals surface area (Å²) in [7, 11) is 0. The number of halogens is 3. The molecule has 0 atom stereocenters. The first-order valence-electron chi connectivity index (χ1n) is 6.37. The zero-order valence-corrected chi connectivity index (χ0v) is 11.0. The van der Waals surface area contributed by atoms with Crippen molar-refractivity contribution in [1.29, 1.82) is 0 Å². The molecule has 1 saturated carbocycles. The Morgan fingerprint density at radius 1 is 1.22 bits per heavy atom. The number of nitrogens with zero attached hydrogens (tertiary/aromatic N) is 1. The highest BCUT2D eigenvalue weighted by Gasteiger charge is 2.37. The SMILES string of the molecule is FC(F)(CN(CCCl)C1CCC1)c1ccccc1. The van der Waals surface area contributed by atoms with E-state index in [1.807, 2.05) is 4.90 Å². The molecule has 0 aliphatic heterocycles. The van der Waals surface area contributed by atoms with Gasteiger partial charge in [-0.1, -0.05) is 36.8 Å². The number of rotatable bonds is 6. The molecule has 0 spiro atoms. The molecule has 18 heavy (non-hydrogen) atoms. The fourth-order valence-electron chi connectivity index (χ4n) is 2.28. The van der Waals surface area contributed by atoms with Crippen LogP contribution in [0.1, 0.15) is 24.8 Å². The molecule has 4 heteroatoms. The van der Waals surface area contributed by atoms with E-state index in [0.29, 0.717) is 18.5 Å². The Morgan fingerprint density at radius 3 is 2.39 bits per heavy atom. The third kappa shape index (κ3) is 3.21. The molecule has 1 aromatic rings. The minimum atomic E-state index is -2.80. The first kappa shape index (κ1) is 13.8. The quantitative estimate of drug-likeness (QED) is 0.711. The molecule has 0 saturated heterocycles. The van der Waals surface area contributed by atoms with E-state index in [-0.39, 0.29) is 12.1 Å². The molecule has 1 nitrogen and oxygen atoms in total. The van der Waals surface area contributed by atoms with Gasteiger partial charge in [-0.25, -0.2) is 0 Å². The molecule has 0 heterocycles. The van der Waals surface area contributed by atoms with Gasteiger partial charge in [0.1, 0.15) is 0 Å². The molecule has 1 fully saturated rings. The fraction of sp³-hybridized carbons (Fsp3) is 0.571. The Morgan fingerprint density at radius 2 is 1.89 bits per heavy atom. The van der Waals surface area contributed by atoms with E-state index < -0.39 is 5.92 Å². The monoisotopic (exact) mass is 273 g/mol. The van der Waals surface area contributed by atoms with Crippen LogP contribution in [0.5, 0.6) is 0 Å². The van der Waals surface area contributed by atoms with Crippen molar-refractivity contribution in [3.8, 4) is 0 Å². The number of hydrogen-bond acceptors (Lipinski definition) is 1. The van der Waals surface area contributed by atoms with Crippen molar-refractivity contribution in [1.82, 2.24) is 4.90 Å². The van der Waals surface area contributed by atoms with Crippen LogP contribution in [-0.4, -0.2) is 29.9 Å². The van der Waals surface area contributed by atoms with Crippen LogP contribution in [0.25, 0.3) is 0 Å². The lowest BCUT2D eigenvalue weighted by atomic mass is 9.91. The molecule has 100 valence electrons. The van der Waals surface area contributed by atoms with Crippen LogP contribution in [-0.2, 0) is 5.92 Å². The van der Waals surface area contributed by atoms with E-state index in [9.17, 15) is 8.78 Å². The maximum atomic E-state index is 14.2. The first-order chi connectivity index (χ1) is 8.63. The zero-order valence-electron chi connectivity index (χ0n) is 10.3. The average Bonchev–Trinajstić information content (AvgIpc) is 2.28. The van der Waals surface area contributed by atoms with E-state index in [0.717, 1.165) is 19.3 Å². The number of hydrogen-bond donors (Lipinski definition) is 0. The average molecular weight is 274 g/mol. The van der Waals surface area contributed by atoms with Gasteiger partial charge in [0.25, 0.3) is 5.92 Å². The Balaban J connectivity index is 2.04. The Kier molecular flexibility index (Phi) is 4.57. The number of benzene rings is 1. The van der Waals surface area contributed by atoms with Crippen LogP contribution in [0.3, 0.4) is 0 Å². The normalized spacial score (nSPS) is 16.9. The van der Waals surface area contributed by atoms with Gasteiger partial charge in [0.2, 0.25) is 0 Å². The topological polar surface area (TPSA) is 3.24 Å². The highest BCUT2D eigenvalue weighted by atomic mass is 35.5. The summed E-state index contributed by atoms with van der Waals surface area (Å²) in [5, 5.41) is 0. The highest BCUT2D eigenvalue weighted by molar-refractivity contribution is 6.18. The zero-order chi connectivity index (χ0) is 13.0. The van der Waals surface area contributed by atoms with Crippen molar-refractivity contribution in [2.45, 2.75) is 31.2 Å². The smallest absolute Gasteiger partial charge is 0.285 e. The van der Waals surface area contributed by atoms with Crippen molar-refractivity contribution in [3.63, 3.8) is 0 Å². The molecular formula is C14H18ClF2N. The van der Waals surface area contributed by atoms with Crippen LogP contribution in [0.15, 0.2) is 30.3 Å². The van der Waals surface area contributed by atoms with Crippen molar-refractivity contribution < 1.29 is 8.78 Å². The lowest BCUT2D eigenvalue weighted by Crippen LogP contribution is -2.46. The second kappa shape index (κ2) is 5.98. The maximum Gasteiger partial charge on any atom is 0.285 e.